The van der Waals surface area contributed by atoms with Crippen molar-refractivity contribution in [2.24, 2.45) is 0 Å². The molecule has 0 aromatic heterocycles. The monoisotopic (exact) mass is 214 g/mol. The second kappa shape index (κ2) is 4.77. The number of amides is 1. The first-order valence-electron chi connectivity index (χ1n) is 5.23. The fraction of sp³-hybridized carbons (Fsp3) is 0.154. The van der Waals surface area contributed by atoms with Crippen molar-refractivity contribution in [1.29, 1.82) is 0 Å². The van der Waals surface area contributed by atoms with E-state index in [0.717, 1.165) is 10.9 Å². The third-order valence-corrected chi connectivity index (χ3v) is 2.44. The van der Waals surface area contributed by atoms with E-state index in [2.05, 4.69) is 23.0 Å². The van der Waals surface area contributed by atoms with Crippen LogP contribution in [-0.4, -0.2) is 13.0 Å². The zero-order chi connectivity index (χ0) is 11.4. The van der Waals surface area contributed by atoms with Crippen molar-refractivity contribution in [2.45, 2.75) is 6.42 Å². The van der Waals surface area contributed by atoms with Crippen molar-refractivity contribution >= 4 is 16.7 Å². The van der Waals surface area contributed by atoms with E-state index >= 15 is 0 Å². The highest BCUT2D eigenvalue weighted by Gasteiger charge is 2.02. The largest absolute Gasteiger partial charge is 0.292 e. The highest BCUT2D eigenvalue weighted by Crippen LogP contribution is 2.15. The Morgan fingerprint density at radius 1 is 1.12 bits per heavy atom. The maximum absolute atomic E-state index is 11.4. The first-order valence-corrected chi connectivity index (χ1v) is 5.23. The predicted molar refractivity (Wildman–Crippen MR) is 64.9 cm³/mol. The van der Waals surface area contributed by atoms with E-state index in [1.165, 1.54) is 5.39 Å². The van der Waals surface area contributed by atoms with E-state index in [4.69, 9.17) is 0 Å². The zero-order valence-corrected chi connectivity index (χ0v) is 9.16. The van der Waals surface area contributed by atoms with Gasteiger partial charge in [-0.1, -0.05) is 42.5 Å². The number of benzene rings is 2. The number of rotatable bonds is 3. The van der Waals surface area contributed by atoms with Gasteiger partial charge in [0.1, 0.15) is 0 Å². The lowest BCUT2D eigenvalue weighted by atomic mass is 10.1. The van der Waals surface area contributed by atoms with Gasteiger partial charge in [0.25, 0.3) is 0 Å². The zero-order valence-electron chi connectivity index (χ0n) is 9.16. The van der Waals surface area contributed by atoms with Gasteiger partial charge in [0.05, 0.1) is 6.42 Å². The van der Waals surface area contributed by atoms with Gasteiger partial charge in [-0.15, -0.1) is 0 Å². The van der Waals surface area contributed by atoms with Gasteiger partial charge < -0.3 is 0 Å². The number of fused-ring (bicyclic) bond motifs is 1. The van der Waals surface area contributed by atoms with Crippen LogP contribution in [0.15, 0.2) is 42.5 Å². The van der Waals surface area contributed by atoms with Crippen molar-refractivity contribution in [3.05, 3.63) is 48.0 Å². The summed E-state index contributed by atoms with van der Waals surface area (Å²) in [6.07, 6.45) is 0.395. The number of hydrazine groups is 1. The van der Waals surface area contributed by atoms with Crippen molar-refractivity contribution in [3.63, 3.8) is 0 Å². The molecular weight excluding hydrogens is 200 g/mol. The Bertz CT molecular complexity index is 508. The van der Waals surface area contributed by atoms with Crippen molar-refractivity contribution in [2.75, 3.05) is 7.05 Å². The molecule has 3 nitrogen and oxygen atoms in total. The molecule has 0 bridgehead atoms. The smallest absolute Gasteiger partial charge is 0.238 e. The summed E-state index contributed by atoms with van der Waals surface area (Å²) < 4.78 is 0. The van der Waals surface area contributed by atoms with Crippen LogP contribution in [0.2, 0.25) is 0 Å². The maximum atomic E-state index is 11.4. The van der Waals surface area contributed by atoms with Crippen LogP contribution in [0.3, 0.4) is 0 Å². The molecule has 0 radical (unpaired) electrons. The fourth-order valence-corrected chi connectivity index (χ4v) is 1.72. The molecule has 2 N–H and O–H groups in total. The van der Waals surface area contributed by atoms with E-state index in [0.29, 0.717) is 6.42 Å². The summed E-state index contributed by atoms with van der Waals surface area (Å²) in [6.45, 7) is 0. The van der Waals surface area contributed by atoms with Crippen LogP contribution < -0.4 is 10.9 Å². The Morgan fingerprint density at radius 3 is 2.62 bits per heavy atom. The van der Waals surface area contributed by atoms with Crippen LogP contribution in [0.5, 0.6) is 0 Å². The average Bonchev–Trinajstić information content (AvgIpc) is 2.29. The van der Waals surface area contributed by atoms with Gasteiger partial charge in [-0.25, -0.2) is 5.43 Å². The molecule has 3 heteroatoms. The van der Waals surface area contributed by atoms with Crippen LogP contribution in [0.1, 0.15) is 5.56 Å². The summed E-state index contributed by atoms with van der Waals surface area (Å²) in [5, 5.41) is 2.36. The van der Waals surface area contributed by atoms with Gasteiger partial charge in [-0.2, -0.15) is 0 Å². The molecule has 0 unspecified atom stereocenters. The minimum Gasteiger partial charge on any atom is -0.292 e. The van der Waals surface area contributed by atoms with Crippen LogP contribution in [0.4, 0.5) is 0 Å². The number of carbonyl (C=O) groups is 1. The summed E-state index contributed by atoms with van der Waals surface area (Å²) in [5.41, 5.74) is 6.20. The Labute approximate surface area is 94.4 Å². The standard InChI is InChI=1S/C13H14N2O/c1-14-15-13(16)9-10-6-7-11-4-2-3-5-12(11)8-10/h2-8,14H,9H2,1H3,(H,15,16). The lowest BCUT2D eigenvalue weighted by molar-refractivity contribution is -0.121. The van der Waals surface area contributed by atoms with Crippen LogP contribution in [0.25, 0.3) is 10.8 Å². The fourth-order valence-electron chi connectivity index (χ4n) is 1.72. The molecule has 2 rings (SSSR count). The van der Waals surface area contributed by atoms with E-state index in [9.17, 15) is 4.79 Å². The lowest BCUT2D eigenvalue weighted by Crippen LogP contribution is -2.35. The molecule has 0 aliphatic rings. The molecule has 1 amide bonds. The molecule has 0 aliphatic carbocycles. The molecule has 0 spiro atoms. The highest BCUT2D eigenvalue weighted by molar-refractivity contribution is 5.85. The molecule has 0 atom stereocenters. The molecule has 0 fully saturated rings. The molecule has 0 aliphatic heterocycles. The highest BCUT2D eigenvalue weighted by atomic mass is 16.2. The van der Waals surface area contributed by atoms with Crippen LogP contribution in [-0.2, 0) is 11.2 Å². The SMILES string of the molecule is CNNC(=O)Cc1ccc2ccccc2c1. The van der Waals surface area contributed by atoms with Gasteiger partial charge in [0.15, 0.2) is 0 Å². The number of nitrogens with one attached hydrogen (secondary N) is 2. The van der Waals surface area contributed by atoms with E-state index in [-0.39, 0.29) is 5.91 Å². The Balaban J connectivity index is 2.22. The molecule has 2 aromatic carbocycles. The topological polar surface area (TPSA) is 41.1 Å². The van der Waals surface area contributed by atoms with E-state index in [1.54, 1.807) is 7.05 Å². The second-order valence-corrected chi connectivity index (χ2v) is 3.66. The van der Waals surface area contributed by atoms with Gasteiger partial charge in [0, 0.05) is 7.05 Å². The Morgan fingerprint density at radius 2 is 1.88 bits per heavy atom. The number of carbonyl (C=O) groups excluding carboxylic acids is 1. The Hall–Kier alpha value is -1.87. The first kappa shape index (κ1) is 10.6. The third kappa shape index (κ3) is 2.38. The molecular formula is C13H14N2O. The lowest BCUT2D eigenvalue weighted by Gasteiger charge is -2.04. The van der Waals surface area contributed by atoms with Gasteiger partial charge in [-0.05, 0) is 16.3 Å². The van der Waals surface area contributed by atoms with Gasteiger partial charge >= 0.3 is 0 Å². The van der Waals surface area contributed by atoms with Crippen molar-refractivity contribution in [3.8, 4) is 0 Å². The van der Waals surface area contributed by atoms with E-state index in [1.807, 2.05) is 30.3 Å². The number of hydrogen-bond acceptors (Lipinski definition) is 2. The first-order chi connectivity index (χ1) is 7.79. The van der Waals surface area contributed by atoms with Gasteiger partial charge in [0.2, 0.25) is 5.91 Å². The molecule has 0 saturated heterocycles. The molecule has 16 heavy (non-hydrogen) atoms. The summed E-state index contributed by atoms with van der Waals surface area (Å²) in [5.74, 6) is -0.0298. The summed E-state index contributed by atoms with van der Waals surface area (Å²) in [4.78, 5) is 11.4. The normalized spacial score (nSPS) is 10.3. The second-order valence-electron chi connectivity index (χ2n) is 3.66. The predicted octanol–water partition coefficient (Wildman–Crippen LogP) is 1.63. The molecule has 2 aromatic rings. The van der Waals surface area contributed by atoms with Crippen molar-refractivity contribution < 1.29 is 4.79 Å². The quantitative estimate of drug-likeness (QED) is 0.762. The van der Waals surface area contributed by atoms with Gasteiger partial charge in [-0.3, -0.25) is 10.2 Å². The third-order valence-electron chi connectivity index (χ3n) is 2.44. The molecule has 0 heterocycles. The summed E-state index contributed by atoms with van der Waals surface area (Å²) >= 11 is 0. The van der Waals surface area contributed by atoms with Crippen molar-refractivity contribution in [1.82, 2.24) is 10.9 Å². The molecule has 0 saturated carbocycles. The average molecular weight is 214 g/mol. The maximum Gasteiger partial charge on any atom is 0.238 e. The van der Waals surface area contributed by atoms with Crippen LogP contribution >= 0.6 is 0 Å². The van der Waals surface area contributed by atoms with Crippen LogP contribution in [0, 0.1) is 0 Å². The summed E-state index contributed by atoms with van der Waals surface area (Å²) in [6, 6.07) is 14.2. The minimum atomic E-state index is -0.0298. The minimum absolute atomic E-state index is 0.0298. The van der Waals surface area contributed by atoms with E-state index < -0.39 is 0 Å². The number of hydrogen-bond donors (Lipinski definition) is 2. The Kier molecular flexibility index (Phi) is 3.17. The molecule has 82 valence electrons. The summed E-state index contributed by atoms with van der Waals surface area (Å²) in [7, 11) is 1.68.